The van der Waals surface area contributed by atoms with E-state index in [0.717, 1.165) is 43.5 Å². The van der Waals surface area contributed by atoms with Gasteiger partial charge in [-0.15, -0.1) is 0 Å². The van der Waals surface area contributed by atoms with E-state index in [1.165, 1.54) is 0 Å². The van der Waals surface area contributed by atoms with Crippen molar-refractivity contribution in [1.29, 1.82) is 0 Å². The van der Waals surface area contributed by atoms with Crippen LogP contribution in [0.25, 0.3) is 0 Å². The average Bonchev–Trinajstić information content (AvgIpc) is 2.69. The van der Waals surface area contributed by atoms with Gasteiger partial charge in [0.05, 0.1) is 0 Å². The Bertz CT molecular complexity index is 573. The van der Waals surface area contributed by atoms with Gasteiger partial charge in [0.2, 0.25) is 0 Å². The molecular weight excluding hydrogens is 286 g/mol. The molecule has 120 valence electrons. The Kier molecular flexibility index (Phi) is 5.30. The van der Waals surface area contributed by atoms with Gasteiger partial charge >= 0.3 is 5.97 Å². The van der Waals surface area contributed by atoms with Gasteiger partial charge in [0, 0.05) is 24.2 Å². The highest BCUT2D eigenvalue weighted by Crippen LogP contribution is 2.31. The fraction of sp³-hybridized carbons (Fsp3) is 0.350. The minimum absolute atomic E-state index is 0.0891. The number of ether oxygens (including phenoxy) is 1. The maximum absolute atomic E-state index is 12.1. The molecule has 0 aliphatic carbocycles. The summed E-state index contributed by atoms with van der Waals surface area (Å²) < 4.78 is 5.83. The number of carbonyl (C=O) groups excluding carboxylic acids is 1. The Labute approximate surface area is 137 Å². The number of hydrogen-bond donors (Lipinski definition) is 0. The maximum atomic E-state index is 12.1. The third kappa shape index (κ3) is 4.13. The molecule has 2 aromatic rings. The van der Waals surface area contributed by atoms with Crippen molar-refractivity contribution in [1.82, 2.24) is 0 Å². The first-order chi connectivity index (χ1) is 11.3. The molecule has 1 aliphatic rings. The summed E-state index contributed by atoms with van der Waals surface area (Å²) in [6.45, 7) is 0. The molecular formula is C20H23NO2. The van der Waals surface area contributed by atoms with E-state index in [4.69, 9.17) is 4.74 Å². The molecule has 1 unspecified atom stereocenters. The summed E-state index contributed by atoms with van der Waals surface area (Å²) in [6, 6.07) is 20.3. The zero-order valence-corrected chi connectivity index (χ0v) is 13.4. The van der Waals surface area contributed by atoms with Crippen LogP contribution >= 0.6 is 0 Å². The first kappa shape index (κ1) is 15.6. The summed E-state index contributed by atoms with van der Waals surface area (Å²) in [6.07, 6.45) is 5.41. The number of anilines is 2. The van der Waals surface area contributed by atoms with Crippen LogP contribution in [0.15, 0.2) is 60.7 Å². The van der Waals surface area contributed by atoms with Crippen molar-refractivity contribution in [3.8, 4) is 0 Å². The zero-order chi connectivity index (χ0) is 15.9. The van der Waals surface area contributed by atoms with Crippen molar-refractivity contribution in [3.63, 3.8) is 0 Å². The predicted octanol–water partition coefficient (Wildman–Crippen LogP) is 5.05. The number of benzene rings is 2. The molecule has 1 heterocycles. The minimum atomic E-state index is -0.245. The lowest BCUT2D eigenvalue weighted by Gasteiger charge is -2.33. The second-order valence-corrected chi connectivity index (χ2v) is 5.94. The Morgan fingerprint density at radius 1 is 0.783 bits per heavy atom. The molecule has 0 N–H and O–H groups in total. The number of cyclic esters (lactones) is 1. The molecule has 1 fully saturated rings. The minimum Gasteiger partial charge on any atom is -0.441 e. The lowest BCUT2D eigenvalue weighted by Crippen LogP contribution is -2.35. The molecule has 23 heavy (non-hydrogen) atoms. The quantitative estimate of drug-likeness (QED) is 0.743. The Hall–Kier alpha value is -2.29. The molecule has 3 rings (SSSR count). The van der Waals surface area contributed by atoms with Crippen molar-refractivity contribution in [3.05, 3.63) is 60.7 Å². The van der Waals surface area contributed by atoms with Crippen LogP contribution in [0, 0.1) is 0 Å². The molecule has 1 atom stereocenters. The maximum Gasteiger partial charge on any atom is 0.307 e. The van der Waals surface area contributed by atoms with E-state index in [1.54, 1.807) is 0 Å². The molecule has 1 aliphatic heterocycles. The molecule has 3 heteroatoms. The molecule has 0 radical (unpaired) electrons. The third-order valence-corrected chi connectivity index (χ3v) is 4.21. The zero-order valence-electron chi connectivity index (χ0n) is 13.4. The van der Waals surface area contributed by atoms with E-state index >= 15 is 0 Å². The number of hydrogen-bond acceptors (Lipinski definition) is 3. The monoisotopic (exact) mass is 309 g/mol. The van der Waals surface area contributed by atoms with Gasteiger partial charge in [-0.2, -0.15) is 0 Å². The molecule has 0 saturated carbocycles. The number of rotatable bonds is 3. The molecule has 2 aromatic carbocycles. The van der Waals surface area contributed by atoms with Gasteiger partial charge in [-0.3, -0.25) is 4.79 Å². The summed E-state index contributed by atoms with van der Waals surface area (Å²) in [4.78, 5) is 14.3. The number of carbonyl (C=O) groups is 1. The summed E-state index contributed by atoms with van der Waals surface area (Å²) >= 11 is 0. The highest BCUT2D eigenvalue weighted by molar-refractivity contribution is 5.71. The Morgan fingerprint density at radius 3 is 1.96 bits per heavy atom. The molecule has 0 spiro atoms. The number of para-hydroxylation sites is 2. The average molecular weight is 309 g/mol. The van der Waals surface area contributed by atoms with Crippen molar-refractivity contribution in [2.24, 2.45) is 0 Å². The van der Waals surface area contributed by atoms with Crippen LogP contribution in [0.4, 0.5) is 11.4 Å². The van der Waals surface area contributed by atoms with Gasteiger partial charge in [-0.1, -0.05) is 49.2 Å². The lowest BCUT2D eigenvalue weighted by molar-refractivity contribution is -0.148. The van der Waals surface area contributed by atoms with Crippen molar-refractivity contribution in [2.45, 2.75) is 44.8 Å². The smallest absolute Gasteiger partial charge is 0.307 e. The lowest BCUT2D eigenvalue weighted by atomic mass is 10.1. The SMILES string of the molecule is O=C1CCCCCCC(N(c2ccccc2)c2ccccc2)O1. The highest BCUT2D eigenvalue weighted by Gasteiger charge is 2.24. The van der Waals surface area contributed by atoms with Gasteiger partial charge in [0.15, 0.2) is 6.23 Å². The van der Waals surface area contributed by atoms with E-state index in [-0.39, 0.29) is 12.2 Å². The summed E-state index contributed by atoms with van der Waals surface area (Å²) in [5, 5.41) is 0. The van der Waals surface area contributed by atoms with E-state index < -0.39 is 0 Å². The van der Waals surface area contributed by atoms with Gasteiger partial charge in [-0.25, -0.2) is 0 Å². The molecule has 1 saturated heterocycles. The number of nitrogens with zero attached hydrogens (tertiary/aromatic N) is 1. The second kappa shape index (κ2) is 7.82. The first-order valence-corrected chi connectivity index (χ1v) is 8.43. The van der Waals surface area contributed by atoms with Crippen molar-refractivity contribution in [2.75, 3.05) is 4.90 Å². The Morgan fingerprint density at radius 2 is 1.35 bits per heavy atom. The van der Waals surface area contributed by atoms with Crippen LogP contribution in [-0.4, -0.2) is 12.2 Å². The van der Waals surface area contributed by atoms with Crippen LogP contribution in [0.1, 0.15) is 38.5 Å². The Balaban J connectivity index is 1.94. The van der Waals surface area contributed by atoms with Crippen molar-refractivity contribution < 1.29 is 9.53 Å². The summed E-state index contributed by atoms with van der Waals surface area (Å²) in [7, 11) is 0. The van der Waals surface area contributed by atoms with Crippen LogP contribution in [0.5, 0.6) is 0 Å². The molecule has 0 bridgehead atoms. The van der Waals surface area contributed by atoms with E-state index in [0.29, 0.717) is 6.42 Å². The predicted molar refractivity (Wildman–Crippen MR) is 92.6 cm³/mol. The summed E-state index contributed by atoms with van der Waals surface area (Å²) in [5.41, 5.74) is 2.10. The molecule has 3 nitrogen and oxygen atoms in total. The second-order valence-electron chi connectivity index (χ2n) is 5.94. The van der Waals surface area contributed by atoms with Gasteiger partial charge in [0.25, 0.3) is 0 Å². The van der Waals surface area contributed by atoms with E-state index in [2.05, 4.69) is 29.2 Å². The topological polar surface area (TPSA) is 29.5 Å². The van der Waals surface area contributed by atoms with Gasteiger partial charge in [0.1, 0.15) is 0 Å². The van der Waals surface area contributed by atoms with Crippen LogP contribution in [-0.2, 0) is 9.53 Å². The van der Waals surface area contributed by atoms with Gasteiger partial charge < -0.3 is 9.64 Å². The fourth-order valence-corrected chi connectivity index (χ4v) is 3.05. The molecule has 0 amide bonds. The van der Waals surface area contributed by atoms with Crippen LogP contribution in [0.3, 0.4) is 0 Å². The van der Waals surface area contributed by atoms with E-state index in [1.807, 2.05) is 36.4 Å². The molecule has 0 aromatic heterocycles. The van der Waals surface area contributed by atoms with Crippen LogP contribution < -0.4 is 4.90 Å². The van der Waals surface area contributed by atoms with Gasteiger partial charge in [-0.05, 0) is 37.1 Å². The normalized spacial score (nSPS) is 19.1. The highest BCUT2D eigenvalue weighted by atomic mass is 16.6. The standard InChI is InChI=1S/C20H23NO2/c22-20-16-10-2-1-9-15-19(23-20)21(17-11-5-3-6-12-17)18-13-7-4-8-14-18/h3-8,11-14,19H,1-2,9-10,15-16H2. The third-order valence-electron chi connectivity index (χ3n) is 4.21. The van der Waals surface area contributed by atoms with Crippen LogP contribution in [0.2, 0.25) is 0 Å². The largest absolute Gasteiger partial charge is 0.441 e. The summed E-state index contributed by atoms with van der Waals surface area (Å²) in [5.74, 6) is -0.0891. The first-order valence-electron chi connectivity index (χ1n) is 8.43. The van der Waals surface area contributed by atoms with Crippen molar-refractivity contribution >= 4 is 17.3 Å². The fourth-order valence-electron chi connectivity index (χ4n) is 3.05. The number of esters is 1. The van der Waals surface area contributed by atoms with E-state index in [9.17, 15) is 4.79 Å².